The number of aromatic nitrogens is 2. The minimum absolute atomic E-state index is 0.00891. The fraction of sp³-hybridized carbons (Fsp3) is 0.429. The largest absolute Gasteiger partial charge is 0.461 e. The first-order valence-corrected chi connectivity index (χ1v) is 17.0. The van der Waals surface area contributed by atoms with Gasteiger partial charge in [-0.3, -0.25) is 9.69 Å². The number of nitrogens with two attached hydrogens (primary N) is 1. The fourth-order valence-electron chi connectivity index (χ4n) is 8.10. The Morgan fingerprint density at radius 2 is 2.06 bits per heavy atom. The number of nitrogens with zero attached hydrogens (tertiary/aromatic N) is 6. The monoisotopic (exact) mass is 675 g/mol. The van der Waals surface area contributed by atoms with Crippen molar-refractivity contribution >= 4 is 49.1 Å². The molecule has 3 aliphatic heterocycles. The number of ether oxygens (including phenoxy) is 1. The number of fused-ring (bicyclic) bond motifs is 3. The molecule has 13 heteroatoms. The summed E-state index contributed by atoms with van der Waals surface area (Å²) in [4.78, 5) is 28.0. The van der Waals surface area contributed by atoms with E-state index in [0.29, 0.717) is 49.2 Å². The third-order valence-corrected chi connectivity index (χ3v) is 11.4. The van der Waals surface area contributed by atoms with Gasteiger partial charge in [-0.05, 0) is 63.4 Å². The summed E-state index contributed by atoms with van der Waals surface area (Å²) < 4.78 is 52.8. The fourth-order valence-corrected chi connectivity index (χ4v) is 9.05. The van der Waals surface area contributed by atoms with Crippen molar-refractivity contribution in [1.82, 2.24) is 19.8 Å². The predicted molar refractivity (Wildman–Crippen MR) is 181 cm³/mol. The SMILES string of the molecule is C=CC(=O)N1CCC(N(CC)c2nc(OC[C@@]34CCCN3C[C@H](F)C4)nc3c(F)c(-c4ccc(F)c5sc(N)c(C#N)c45)ccc23)C1C. The number of alkyl halides is 1. The molecule has 2 aromatic heterocycles. The van der Waals surface area contributed by atoms with Gasteiger partial charge in [0.05, 0.1) is 21.8 Å². The predicted octanol–water partition coefficient (Wildman–Crippen LogP) is 6.20. The molecule has 3 aliphatic rings. The zero-order valence-corrected chi connectivity index (χ0v) is 27.6. The van der Waals surface area contributed by atoms with Gasteiger partial charge in [-0.1, -0.05) is 18.7 Å². The Labute approximate surface area is 280 Å². The zero-order chi connectivity index (χ0) is 33.9. The van der Waals surface area contributed by atoms with Crippen LogP contribution in [0.1, 0.15) is 45.1 Å². The molecule has 3 saturated heterocycles. The third kappa shape index (κ3) is 5.04. The number of anilines is 2. The average molecular weight is 676 g/mol. The quantitative estimate of drug-likeness (QED) is 0.220. The molecule has 0 saturated carbocycles. The van der Waals surface area contributed by atoms with Crippen molar-refractivity contribution < 1.29 is 22.7 Å². The molecule has 3 fully saturated rings. The molecule has 5 heterocycles. The van der Waals surface area contributed by atoms with Crippen LogP contribution in [0.25, 0.3) is 32.1 Å². The summed E-state index contributed by atoms with van der Waals surface area (Å²) in [7, 11) is 0. The van der Waals surface area contributed by atoms with E-state index >= 15 is 4.39 Å². The number of likely N-dealkylation sites (N-methyl/N-ethyl adjacent to an activating group) is 1. The minimum Gasteiger partial charge on any atom is -0.461 e. The molecule has 2 unspecified atom stereocenters. The number of amides is 1. The Morgan fingerprint density at radius 3 is 2.81 bits per heavy atom. The van der Waals surface area contributed by atoms with Gasteiger partial charge in [0.1, 0.15) is 41.0 Å². The highest BCUT2D eigenvalue weighted by Gasteiger charge is 2.49. The van der Waals surface area contributed by atoms with E-state index in [1.54, 1.807) is 17.0 Å². The minimum atomic E-state index is -0.945. The number of benzene rings is 2. The Balaban J connectivity index is 1.37. The summed E-state index contributed by atoms with van der Waals surface area (Å²) in [5.74, 6) is -0.950. The molecule has 0 spiro atoms. The molecule has 2 aromatic carbocycles. The number of likely N-dealkylation sites (tertiary alicyclic amines) is 1. The van der Waals surface area contributed by atoms with Crippen LogP contribution in [0.3, 0.4) is 0 Å². The number of carbonyl (C=O) groups excluding carboxylic acids is 1. The molecule has 2 N–H and O–H groups in total. The van der Waals surface area contributed by atoms with E-state index in [0.717, 1.165) is 30.7 Å². The highest BCUT2D eigenvalue weighted by molar-refractivity contribution is 7.23. The van der Waals surface area contributed by atoms with Crippen molar-refractivity contribution in [3.05, 3.63) is 54.1 Å². The van der Waals surface area contributed by atoms with Crippen LogP contribution < -0.4 is 15.4 Å². The first kappa shape index (κ1) is 32.2. The summed E-state index contributed by atoms with van der Waals surface area (Å²) in [5, 5.41) is 10.7. The van der Waals surface area contributed by atoms with Gasteiger partial charge in [0, 0.05) is 48.4 Å². The van der Waals surface area contributed by atoms with E-state index in [2.05, 4.69) is 16.5 Å². The van der Waals surface area contributed by atoms with Crippen molar-refractivity contribution in [3.8, 4) is 23.2 Å². The molecule has 0 aliphatic carbocycles. The van der Waals surface area contributed by atoms with Crippen LogP contribution in [0.5, 0.6) is 6.01 Å². The lowest BCUT2D eigenvalue weighted by atomic mass is 9.95. The maximum atomic E-state index is 16.9. The van der Waals surface area contributed by atoms with E-state index in [9.17, 15) is 18.8 Å². The first-order valence-electron chi connectivity index (χ1n) is 16.2. The van der Waals surface area contributed by atoms with Crippen LogP contribution in [-0.2, 0) is 4.79 Å². The van der Waals surface area contributed by atoms with E-state index in [1.807, 2.05) is 24.8 Å². The van der Waals surface area contributed by atoms with Crippen molar-refractivity contribution in [3.63, 3.8) is 0 Å². The number of nitrogen functional groups attached to an aromatic ring is 1. The number of nitriles is 1. The average Bonchev–Trinajstić information content (AvgIpc) is 3.82. The van der Waals surface area contributed by atoms with Gasteiger partial charge in [-0.15, -0.1) is 11.3 Å². The summed E-state index contributed by atoms with van der Waals surface area (Å²) in [5.41, 5.74) is 6.11. The maximum absolute atomic E-state index is 16.9. The van der Waals surface area contributed by atoms with E-state index < -0.39 is 23.3 Å². The highest BCUT2D eigenvalue weighted by Crippen LogP contribution is 2.44. The maximum Gasteiger partial charge on any atom is 0.319 e. The molecule has 7 rings (SSSR count). The topological polar surface area (TPSA) is 112 Å². The molecular weight excluding hydrogens is 639 g/mol. The summed E-state index contributed by atoms with van der Waals surface area (Å²) in [6, 6.07) is 7.68. The Morgan fingerprint density at radius 1 is 1.27 bits per heavy atom. The van der Waals surface area contributed by atoms with E-state index in [4.69, 9.17) is 15.5 Å². The molecule has 1 amide bonds. The van der Waals surface area contributed by atoms with E-state index in [-0.39, 0.29) is 62.3 Å². The van der Waals surface area contributed by atoms with Crippen LogP contribution in [0.4, 0.5) is 24.0 Å². The lowest BCUT2D eigenvalue weighted by molar-refractivity contribution is -0.126. The lowest BCUT2D eigenvalue weighted by Crippen LogP contribution is -2.45. The lowest BCUT2D eigenvalue weighted by Gasteiger charge is -2.34. The molecule has 4 aromatic rings. The van der Waals surface area contributed by atoms with Gasteiger partial charge in [0.25, 0.3) is 0 Å². The molecule has 250 valence electrons. The molecule has 0 bridgehead atoms. The Hall–Kier alpha value is -4.41. The number of rotatable bonds is 8. The van der Waals surface area contributed by atoms with E-state index in [1.165, 1.54) is 18.2 Å². The normalized spacial score (nSPS) is 23.9. The summed E-state index contributed by atoms with van der Waals surface area (Å²) >= 11 is 0.944. The molecule has 48 heavy (non-hydrogen) atoms. The van der Waals surface area contributed by atoms with Crippen LogP contribution in [0, 0.1) is 23.0 Å². The highest BCUT2D eigenvalue weighted by atomic mass is 32.1. The molecular formula is C35H36F3N7O2S. The van der Waals surface area contributed by atoms with Gasteiger partial charge in [0.15, 0.2) is 5.82 Å². The number of carbonyl (C=O) groups is 1. The zero-order valence-electron chi connectivity index (χ0n) is 26.8. The molecule has 0 radical (unpaired) electrons. The van der Waals surface area contributed by atoms with Crippen molar-refractivity contribution in [2.75, 3.05) is 43.4 Å². The summed E-state index contributed by atoms with van der Waals surface area (Å²) in [6.07, 6.45) is 3.10. The third-order valence-electron chi connectivity index (χ3n) is 10.4. The molecule has 9 nitrogen and oxygen atoms in total. The smallest absolute Gasteiger partial charge is 0.319 e. The van der Waals surface area contributed by atoms with Crippen molar-refractivity contribution in [2.45, 2.75) is 63.3 Å². The van der Waals surface area contributed by atoms with Crippen molar-refractivity contribution in [2.24, 2.45) is 0 Å². The van der Waals surface area contributed by atoms with Crippen LogP contribution in [0.15, 0.2) is 36.9 Å². The number of hydrogen-bond donors (Lipinski definition) is 1. The van der Waals surface area contributed by atoms with Gasteiger partial charge < -0.3 is 20.3 Å². The van der Waals surface area contributed by atoms with Crippen LogP contribution >= 0.6 is 11.3 Å². The standard InChI is InChI=1S/C35H36F3N7O2S/c1-4-27(46)45-14-11-26(19(45)3)44(5-2)33-23-8-7-22(21-9-10-25(37)31-28(21)24(16-39)32(40)48-31)29(38)30(23)41-34(42-33)47-18-35-12-6-13-43(35)17-20(36)15-35/h4,7-10,19-20,26H,1,5-6,11-15,17-18,40H2,2-3H3/t19?,20-,26?,35+/m1/s1. The second-order valence-electron chi connectivity index (χ2n) is 12.9. The summed E-state index contributed by atoms with van der Waals surface area (Å²) in [6.45, 7) is 9.93. The van der Waals surface area contributed by atoms with Gasteiger partial charge >= 0.3 is 6.01 Å². The second kappa shape index (κ2) is 12.2. The van der Waals surface area contributed by atoms with Gasteiger partial charge in [-0.2, -0.15) is 15.2 Å². The first-order chi connectivity index (χ1) is 23.1. The number of hydrogen-bond acceptors (Lipinski definition) is 9. The Kier molecular flexibility index (Phi) is 8.20. The van der Waals surface area contributed by atoms with Crippen molar-refractivity contribution in [1.29, 1.82) is 5.26 Å². The van der Waals surface area contributed by atoms with Crippen LogP contribution in [-0.4, -0.2) is 82.3 Å². The second-order valence-corrected chi connectivity index (χ2v) is 13.9. The molecule has 4 atom stereocenters. The number of thiophene rings is 1. The van der Waals surface area contributed by atoms with Gasteiger partial charge in [-0.25, -0.2) is 13.2 Å². The Bertz CT molecular complexity index is 2000. The number of halogens is 3. The van der Waals surface area contributed by atoms with Crippen LogP contribution in [0.2, 0.25) is 0 Å². The van der Waals surface area contributed by atoms with Gasteiger partial charge in [0.2, 0.25) is 5.91 Å².